The van der Waals surface area contributed by atoms with Crippen molar-refractivity contribution in [3.8, 4) is 5.75 Å². The summed E-state index contributed by atoms with van der Waals surface area (Å²) >= 11 is 9.52. The molecule has 2 heterocycles. The van der Waals surface area contributed by atoms with Gasteiger partial charge in [0.15, 0.2) is 6.61 Å². The largest absolute Gasteiger partial charge is 0.482 e. The maximum absolute atomic E-state index is 12.3. The molecule has 1 saturated heterocycles. The molecule has 3 rings (SSSR count). The standard InChI is InChI=1S/C17H20BrClN2O4/c1-17(2,3)25-16(23)20-6-10(7-20)8-21-13-5-12(19)11(18)4-14(13)24-9-15(21)22/h4-5,10H,6-9H2,1-3H3. The zero-order chi connectivity index (χ0) is 18.4. The summed E-state index contributed by atoms with van der Waals surface area (Å²) in [5.74, 6) is 0.714. The van der Waals surface area contributed by atoms with Gasteiger partial charge >= 0.3 is 6.09 Å². The first-order valence-electron chi connectivity index (χ1n) is 8.04. The zero-order valence-electron chi connectivity index (χ0n) is 14.3. The number of likely N-dealkylation sites (tertiary alicyclic amines) is 1. The highest BCUT2D eigenvalue weighted by atomic mass is 79.9. The first kappa shape index (κ1) is 18.3. The Morgan fingerprint density at radius 1 is 1.40 bits per heavy atom. The lowest BCUT2D eigenvalue weighted by Crippen LogP contribution is -2.56. The molecule has 6 nitrogen and oxygen atoms in total. The number of amides is 2. The van der Waals surface area contributed by atoms with Gasteiger partial charge in [0.25, 0.3) is 5.91 Å². The van der Waals surface area contributed by atoms with Gasteiger partial charge in [-0.25, -0.2) is 4.79 Å². The van der Waals surface area contributed by atoms with E-state index in [0.29, 0.717) is 36.1 Å². The average molecular weight is 432 g/mol. The number of ether oxygens (including phenoxy) is 2. The van der Waals surface area contributed by atoms with Crippen molar-refractivity contribution in [3.05, 3.63) is 21.6 Å². The minimum Gasteiger partial charge on any atom is -0.482 e. The van der Waals surface area contributed by atoms with Crippen molar-refractivity contribution in [3.63, 3.8) is 0 Å². The molecule has 0 unspecified atom stereocenters. The van der Waals surface area contributed by atoms with E-state index in [1.807, 2.05) is 20.8 Å². The van der Waals surface area contributed by atoms with Crippen LogP contribution in [0.25, 0.3) is 0 Å². The summed E-state index contributed by atoms with van der Waals surface area (Å²) in [6.45, 7) is 7.18. The summed E-state index contributed by atoms with van der Waals surface area (Å²) < 4.78 is 11.6. The topological polar surface area (TPSA) is 59.1 Å². The minimum atomic E-state index is -0.509. The molecule has 0 aliphatic carbocycles. The number of benzene rings is 1. The van der Waals surface area contributed by atoms with Crippen molar-refractivity contribution in [1.29, 1.82) is 0 Å². The number of fused-ring (bicyclic) bond motifs is 1. The van der Waals surface area contributed by atoms with Gasteiger partial charge in [0.1, 0.15) is 11.4 Å². The second-order valence-corrected chi connectivity index (χ2v) is 8.54. The van der Waals surface area contributed by atoms with Gasteiger partial charge in [-0.3, -0.25) is 4.79 Å². The molecule has 1 fully saturated rings. The van der Waals surface area contributed by atoms with Crippen molar-refractivity contribution in [2.75, 3.05) is 31.1 Å². The third kappa shape index (κ3) is 4.03. The maximum atomic E-state index is 12.3. The molecular weight excluding hydrogens is 412 g/mol. The summed E-state index contributed by atoms with van der Waals surface area (Å²) in [5.41, 5.74) is 0.158. The normalized spacial score (nSPS) is 17.7. The lowest BCUT2D eigenvalue weighted by molar-refractivity contribution is -0.121. The molecule has 0 saturated carbocycles. The SMILES string of the molecule is CC(C)(C)OC(=O)N1CC(CN2C(=O)COc3cc(Br)c(Cl)cc32)C1. The summed E-state index contributed by atoms with van der Waals surface area (Å²) in [6, 6.07) is 3.49. The number of carbonyl (C=O) groups is 2. The van der Waals surface area contributed by atoms with Crippen LogP contribution in [-0.2, 0) is 9.53 Å². The molecule has 0 radical (unpaired) electrons. The van der Waals surface area contributed by atoms with E-state index in [9.17, 15) is 9.59 Å². The number of carbonyl (C=O) groups excluding carboxylic acids is 2. The van der Waals surface area contributed by atoms with Gasteiger partial charge in [0, 0.05) is 30.0 Å². The highest BCUT2D eigenvalue weighted by Crippen LogP contribution is 2.39. The highest BCUT2D eigenvalue weighted by Gasteiger charge is 2.37. The highest BCUT2D eigenvalue weighted by molar-refractivity contribution is 9.10. The summed E-state index contributed by atoms with van der Waals surface area (Å²) in [5, 5.41) is 0.519. The summed E-state index contributed by atoms with van der Waals surface area (Å²) in [7, 11) is 0. The Labute approximate surface area is 160 Å². The Morgan fingerprint density at radius 3 is 2.72 bits per heavy atom. The number of hydrogen-bond acceptors (Lipinski definition) is 4. The zero-order valence-corrected chi connectivity index (χ0v) is 16.7. The minimum absolute atomic E-state index is 0.00354. The maximum Gasteiger partial charge on any atom is 0.410 e. The van der Waals surface area contributed by atoms with Gasteiger partial charge in [-0.2, -0.15) is 0 Å². The molecule has 2 amide bonds. The quantitative estimate of drug-likeness (QED) is 0.716. The molecule has 1 aromatic carbocycles. The molecule has 0 bridgehead atoms. The Balaban J connectivity index is 1.64. The molecule has 8 heteroatoms. The number of nitrogens with zero attached hydrogens (tertiary/aromatic N) is 2. The fraction of sp³-hybridized carbons (Fsp3) is 0.529. The van der Waals surface area contributed by atoms with E-state index in [1.165, 1.54) is 0 Å². The molecule has 0 N–H and O–H groups in total. The second-order valence-electron chi connectivity index (χ2n) is 7.28. The lowest BCUT2D eigenvalue weighted by atomic mass is 9.99. The third-order valence-electron chi connectivity index (χ3n) is 3.99. The van der Waals surface area contributed by atoms with E-state index in [4.69, 9.17) is 21.1 Å². The summed E-state index contributed by atoms with van der Waals surface area (Å²) in [4.78, 5) is 27.6. The molecule has 2 aliphatic rings. The second kappa shape index (κ2) is 6.68. The molecule has 2 aliphatic heterocycles. The van der Waals surface area contributed by atoms with Crippen LogP contribution in [-0.4, -0.2) is 48.7 Å². The smallest absolute Gasteiger partial charge is 0.410 e. The monoisotopic (exact) mass is 430 g/mol. The van der Waals surface area contributed by atoms with Crippen LogP contribution < -0.4 is 9.64 Å². The van der Waals surface area contributed by atoms with Gasteiger partial charge in [-0.05, 0) is 48.8 Å². The molecule has 0 spiro atoms. The van der Waals surface area contributed by atoms with Crippen molar-refractivity contribution < 1.29 is 19.1 Å². The van der Waals surface area contributed by atoms with E-state index in [1.54, 1.807) is 21.9 Å². The van der Waals surface area contributed by atoms with Crippen LogP contribution in [0.3, 0.4) is 0 Å². The van der Waals surface area contributed by atoms with Gasteiger partial charge in [0.2, 0.25) is 0 Å². The van der Waals surface area contributed by atoms with Crippen molar-refractivity contribution in [2.45, 2.75) is 26.4 Å². The van der Waals surface area contributed by atoms with Gasteiger partial charge in [-0.15, -0.1) is 0 Å². The molecule has 25 heavy (non-hydrogen) atoms. The van der Waals surface area contributed by atoms with Crippen molar-refractivity contribution in [1.82, 2.24) is 4.90 Å². The molecule has 136 valence electrons. The fourth-order valence-corrected chi connectivity index (χ4v) is 3.30. The van der Waals surface area contributed by atoms with E-state index < -0.39 is 5.60 Å². The van der Waals surface area contributed by atoms with E-state index in [-0.39, 0.29) is 24.5 Å². The van der Waals surface area contributed by atoms with E-state index in [0.717, 1.165) is 4.47 Å². The van der Waals surface area contributed by atoms with Crippen LogP contribution in [0.15, 0.2) is 16.6 Å². The van der Waals surface area contributed by atoms with Crippen LogP contribution in [0.5, 0.6) is 5.75 Å². The van der Waals surface area contributed by atoms with E-state index in [2.05, 4.69) is 15.9 Å². The Bertz CT molecular complexity index is 713. The van der Waals surface area contributed by atoms with Crippen LogP contribution in [0.2, 0.25) is 5.02 Å². The third-order valence-corrected chi connectivity index (χ3v) is 5.19. The van der Waals surface area contributed by atoms with Crippen LogP contribution in [0.1, 0.15) is 20.8 Å². The molecule has 1 aromatic rings. The number of rotatable bonds is 2. The number of hydrogen-bond donors (Lipinski definition) is 0. The molecule has 0 atom stereocenters. The molecule has 0 aromatic heterocycles. The number of halogens is 2. The number of anilines is 1. The predicted molar refractivity (Wildman–Crippen MR) is 98.3 cm³/mol. The van der Waals surface area contributed by atoms with Gasteiger partial charge in [-0.1, -0.05) is 11.6 Å². The average Bonchev–Trinajstić information content (AvgIpc) is 2.44. The van der Waals surface area contributed by atoms with Crippen molar-refractivity contribution in [2.24, 2.45) is 5.92 Å². The lowest BCUT2D eigenvalue weighted by Gasteiger charge is -2.42. The van der Waals surface area contributed by atoms with Crippen LogP contribution in [0, 0.1) is 5.92 Å². The molecular formula is C17H20BrClN2O4. The van der Waals surface area contributed by atoms with Crippen LogP contribution >= 0.6 is 27.5 Å². The Hall–Kier alpha value is -1.47. The Kier molecular flexibility index (Phi) is 4.90. The fourth-order valence-electron chi connectivity index (χ4n) is 2.82. The first-order chi connectivity index (χ1) is 11.6. The van der Waals surface area contributed by atoms with Gasteiger partial charge < -0.3 is 19.3 Å². The predicted octanol–water partition coefficient (Wildman–Crippen LogP) is 3.69. The van der Waals surface area contributed by atoms with Crippen molar-refractivity contribution >= 4 is 45.2 Å². The first-order valence-corrected chi connectivity index (χ1v) is 9.21. The van der Waals surface area contributed by atoms with Gasteiger partial charge in [0.05, 0.1) is 10.7 Å². The Morgan fingerprint density at radius 2 is 2.08 bits per heavy atom. The van der Waals surface area contributed by atoms with E-state index >= 15 is 0 Å². The van der Waals surface area contributed by atoms with Crippen LogP contribution in [0.4, 0.5) is 10.5 Å². The summed E-state index contributed by atoms with van der Waals surface area (Å²) in [6.07, 6.45) is -0.315.